The first-order valence-electron chi connectivity index (χ1n) is 4.11. The summed E-state index contributed by atoms with van der Waals surface area (Å²) in [6, 6.07) is 3.27. The van der Waals surface area contributed by atoms with Crippen LogP contribution in [0.5, 0.6) is 0 Å². The van der Waals surface area contributed by atoms with Gasteiger partial charge in [0.15, 0.2) is 0 Å². The molecule has 1 rings (SSSR count). The summed E-state index contributed by atoms with van der Waals surface area (Å²) in [4.78, 5) is 14.1. The fourth-order valence-corrected chi connectivity index (χ4v) is 0.932. The van der Waals surface area contributed by atoms with Gasteiger partial charge in [-0.15, -0.1) is 0 Å². The number of nitrogens with zero attached hydrogens (tertiary/aromatic N) is 1. The Morgan fingerprint density at radius 2 is 2.62 bits per heavy atom. The SMILES string of the molecule is CC[C@H](C#N)NC(=O)c1cc[nH]c1. The van der Waals surface area contributed by atoms with Crippen molar-refractivity contribution in [2.24, 2.45) is 0 Å². The van der Waals surface area contributed by atoms with Gasteiger partial charge in [-0.05, 0) is 12.5 Å². The highest BCUT2D eigenvalue weighted by atomic mass is 16.1. The van der Waals surface area contributed by atoms with E-state index in [0.717, 1.165) is 0 Å². The van der Waals surface area contributed by atoms with Crippen molar-refractivity contribution in [1.82, 2.24) is 10.3 Å². The molecule has 4 heteroatoms. The van der Waals surface area contributed by atoms with Gasteiger partial charge in [-0.25, -0.2) is 0 Å². The maximum Gasteiger partial charge on any atom is 0.253 e. The molecule has 1 heterocycles. The molecule has 1 atom stereocenters. The highest BCUT2D eigenvalue weighted by Gasteiger charge is 2.10. The molecule has 0 radical (unpaired) electrons. The first kappa shape index (κ1) is 9.33. The number of H-pyrrole nitrogens is 1. The lowest BCUT2D eigenvalue weighted by atomic mass is 10.2. The van der Waals surface area contributed by atoms with Crippen LogP contribution in [0.4, 0.5) is 0 Å². The molecule has 0 fully saturated rings. The molecule has 4 nitrogen and oxygen atoms in total. The van der Waals surface area contributed by atoms with Gasteiger partial charge in [0.1, 0.15) is 6.04 Å². The average molecular weight is 177 g/mol. The molecule has 0 aromatic carbocycles. The number of carbonyl (C=O) groups is 1. The van der Waals surface area contributed by atoms with Crippen LogP contribution in [-0.2, 0) is 0 Å². The second kappa shape index (κ2) is 4.31. The molecular weight excluding hydrogens is 166 g/mol. The van der Waals surface area contributed by atoms with Crippen LogP contribution in [0.1, 0.15) is 23.7 Å². The third-order valence-electron chi connectivity index (χ3n) is 1.73. The Hall–Kier alpha value is -1.76. The third kappa shape index (κ3) is 2.34. The topological polar surface area (TPSA) is 68.7 Å². The van der Waals surface area contributed by atoms with E-state index in [-0.39, 0.29) is 5.91 Å². The van der Waals surface area contributed by atoms with Crippen molar-refractivity contribution >= 4 is 5.91 Å². The number of aromatic amines is 1. The largest absolute Gasteiger partial charge is 0.367 e. The summed E-state index contributed by atoms with van der Waals surface area (Å²) < 4.78 is 0. The molecule has 1 amide bonds. The first-order chi connectivity index (χ1) is 6.27. The van der Waals surface area contributed by atoms with Crippen LogP contribution in [0.15, 0.2) is 18.5 Å². The number of hydrogen-bond acceptors (Lipinski definition) is 2. The van der Waals surface area contributed by atoms with Crippen molar-refractivity contribution in [2.45, 2.75) is 19.4 Å². The maximum atomic E-state index is 11.4. The quantitative estimate of drug-likeness (QED) is 0.724. The molecular formula is C9H11N3O. The minimum Gasteiger partial charge on any atom is -0.367 e. The molecule has 68 valence electrons. The molecule has 0 bridgehead atoms. The average Bonchev–Trinajstić information content (AvgIpc) is 2.66. The van der Waals surface area contributed by atoms with E-state index in [4.69, 9.17) is 5.26 Å². The fraction of sp³-hybridized carbons (Fsp3) is 0.333. The van der Waals surface area contributed by atoms with Gasteiger partial charge >= 0.3 is 0 Å². The highest BCUT2D eigenvalue weighted by Crippen LogP contribution is 1.97. The predicted octanol–water partition coefficient (Wildman–Crippen LogP) is 1.05. The summed E-state index contributed by atoms with van der Waals surface area (Å²) in [5.41, 5.74) is 0.550. The van der Waals surface area contributed by atoms with Crippen LogP contribution in [0.25, 0.3) is 0 Å². The van der Waals surface area contributed by atoms with Crippen LogP contribution in [0, 0.1) is 11.3 Å². The summed E-state index contributed by atoms with van der Waals surface area (Å²) in [7, 11) is 0. The van der Waals surface area contributed by atoms with E-state index >= 15 is 0 Å². The van der Waals surface area contributed by atoms with Gasteiger partial charge in [0.05, 0.1) is 11.6 Å². The normalized spacial score (nSPS) is 11.7. The molecule has 0 aliphatic carbocycles. The van der Waals surface area contributed by atoms with Crippen LogP contribution in [0.3, 0.4) is 0 Å². The lowest BCUT2D eigenvalue weighted by Crippen LogP contribution is -2.32. The molecule has 0 saturated heterocycles. The number of carbonyl (C=O) groups excluding carboxylic acids is 1. The molecule has 1 aromatic rings. The second-order valence-corrected chi connectivity index (χ2v) is 2.66. The summed E-state index contributed by atoms with van der Waals surface area (Å²) in [5, 5.41) is 11.2. The number of rotatable bonds is 3. The van der Waals surface area contributed by atoms with E-state index < -0.39 is 6.04 Å². The van der Waals surface area contributed by atoms with Crippen molar-refractivity contribution in [3.05, 3.63) is 24.0 Å². The maximum absolute atomic E-state index is 11.4. The van der Waals surface area contributed by atoms with Crippen molar-refractivity contribution in [3.63, 3.8) is 0 Å². The zero-order valence-electron chi connectivity index (χ0n) is 7.37. The molecule has 1 aromatic heterocycles. The smallest absolute Gasteiger partial charge is 0.253 e. The van der Waals surface area contributed by atoms with E-state index in [1.165, 1.54) is 0 Å². The lowest BCUT2D eigenvalue weighted by Gasteiger charge is -2.07. The zero-order valence-corrected chi connectivity index (χ0v) is 7.37. The number of nitriles is 1. The second-order valence-electron chi connectivity index (χ2n) is 2.66. The summed E-state index contributed by atoms with van der Waals surface area (Å²) in [5.74, 6) is -0.213. The van der Waals surface area contributed by atoms with Gasteiger partial charge in [-0.3, -0.25) is 4.79 Å². The van der Waals surface area contributed by atoms with Crippen LogP contribution in [0.2, 0.25) is 0 Å². The summed E-state index contributed by atoms with van der Waals surface area (Å²) in [6.45, 7) is 1.85. The summed E-state index contributed by atoms with van der Waals surface area (Å²) >= 11 is 0. The van der Waals surface area contributed by atoms with Crippen molar-refractivity contribution in [1.29, 1.82) is 5.26 Å². The Labute approximate surface area is 76.6 Å². The van der Waals surface area contributed by atoms with Crippen LogP contribution < -0.4 is 5.32 Å². The van der Waals surface area contributed by atoms with E-state index in [2.05, 4.69) is 10.3 Å². The Kier molecular flexibility index (Phi) is 3.09. The Balaban J connectivity index is 2.57. The molecule has 0 unspecified atom stereocenters. The number of aromatic nitrogens is 1. The fourth-order valence-electron chi connectivity index (χ4n) is 0.932. The Morgan fingerprint density at radius 1 is 1.85 bits per heavy atom. The van der Waals surface area contributed by atoms with E-state index in [1.54, 1.807) is 18.5 Å². The van der Waals surface area contributed by atoms with Crippen LogP contribution >= 0.6 is 0 Å². The monoisotopic (exact) mass is 177 g/mol. The van der Waals surface area contributed by atoms with Crippen molar-refractivity contribution < 1.29 is 4.79 Å². The van der Waals surface area contributed by atoms with Gasteiger partial charge in [0.2, 0.25) is 0 Å². The van der Waals surface area contributed by atoms with E-state index in [0.29, 0.717) is 12.0 Å². The van der Waals surface area contributed by atoms with Crippen molar-refractivity contribution in [3.8, 4) is 6.07 Å². The Morgan fingerprint density at radius 3 is 3.08 bits per heavy atom. The predicted molar refractivity (Wildman–Crippen MR) is 48.0 cm³/mol. The van der Waals surface area contributed by atoms with Crippen molar-refractivity contribution in [2.75, 3.05) is 0 Å². The molecule has 2 N–H and O–H groups in total. The third-order valence-corrected chi connectivity index (χ3v) is 1.73. The van der Waals surface area contributed by atoms with Gasteiger partial charge in [-0.2, -0.15) is 5.26 Å². The molecule has 0 aliphatic rings. The van der Waals surface area contributed by atoms with Gasteiger partial charge < -0.3 is 10.3 Å². The minimum absolute atomic E-state index is 0.213. The zero-order chi connectivity index (χ0) is 9.68. The summed E-state index contributed by atoms with van der Waals surface area (Å²) in [6.07, 6.45) is 3.88. The minimum atomic E-state index is -0.401. The highest BCUT2D eigenvalue weighted by molar-refractivity contribution is 5.94. The molecule has 0 spiro atoms. The first-order valence-corrected chi connectivity index (χ1v) is 4.11. The number of nitrogens with one attached hydrogen (secondary N) is 2. The van der Waals surface area contributed by atoms with Gasteiger partial charge in [-0.1, -0.05) is 6.92 Å². The van der Waals surface area contributed by atoms with Crippen LogP contribution in [-0.4, -0.2) is 16.9 Å². The lowest BCUT2D eigenvalue weighted by molar-refractivity contribution is 0.0945. The standard InChI is InChI=1S/C9H11N3O/c1-2-8(5-10)12-9(13)7-3-4-11-6-7/h3-4,6,8,11H,2H2,1H3,(H,12,13)/t8-/m1/s1. The molecule has 0 aliphatic heterocycles. The number of hydrogen-bond donors (Lipinski definition) is 2. The van der Waals surface area contributed by atoms with Gasteiger partial charge in [0.25, 0.3) is 5.91 Å². The van der Waals surface area contributed by atoms with E-state index in [9.17, 15) is 4.79 Å². The molecule has 0 saturated carbocycles. The molecule has 13 heavy (non-hydrogen) atoms. The van der Waals surface area contributed by atoms with Gasteiger partial charge in [0, 0.05) is 12.4 Å². The number of amides is 1. The Bertz CT molecular complexity index is 310. The van der Waals surface area contributed by atoms with E-state index in [1.807, 2.05) is 13.0 Å².